The van der Waals surface area contributed by atoms with Crippen molar-refractivity contribution in [3.63, 3.8) is 0 Å². The number of ether oxygens (including phenoxy) is 2. The van der Waals surface area contributed by atoms with E-state index in [-0.39, 0.29) is 35.8 Å². The van der Waals surface area contributed by atoms with Gasteiger partial charge in [-0.05, 0) is 59.9 Å². The molecule has 1 aliphatic carbocycles. The van der Waals surface area contributed by atoms with Crippen LogP contribution in [0.25, 0.3) is 0 Å². The smallest absolute Gasteiger partial charge is 0.230 e. The van der Waals surface area contributed by atoms with Crippen LogP contribution in [0.15, 0.2) is 78.0 Å². The van der Waals surface area contributed by atoms with Gasteiger partial charge in [-0.15, -0.1) is 0 Å². The van der Waals surface area contributed by atoms with Gasteiger partial charge in [0.05, 0.1) is 31.6 Å². The molecule has 1 aliphatic heterocycles. The molecule has 2 atom stereocenters. The van der Waals surface area contributed by atoms with E-state index < -0.39 is 6.04 Å². The molecule has 0 saturated heterocycles. The van der Waals surface area contributed by atoms with Gasteiger partial charge in [0.25, 0.3) is 0 Å². The molecule has 2 aliphatic rings. The van der Waals surface area contributed by atoms with Crippen LogP contribution in [0.2, 0.25) is 0 Å². The van der Waals surface area contributed by atoms with Crippen molar-refractivity contribution < 1.29 is 23.5 Å². The highest BCUT2D eigenvalue weighted by molar-refractivity contribution is 6.06. The summed E-state index contributed by atoms with van der Waals surface area (Å²) in [7, 11) is 3.18. The van der Waals surface area contributed by atoms with Crippen molar-refractivity contribution in [2.45, 2.75) is 38.6 Å². The van der Waals surface area contributed by atoms with Crippen LogP contribution in [-0.4, -0.2) is 25.9 Å². The van der Waals surface area contributed by atoms with Crippen LogP contribution in [0.4, 0.5) is 15.8 Å². The summed E-state index contributed by atoms with van der Waals surface area (Å²) in [5.41, 5.74) is 4.39. The Morgan fingerprint density at radius 1 is 0.947 bits per heavy atom. The van der Waals surface area contributed by atoms with E-state index in [9.17, 15) is 14.0 Å². The predicted molar refractivity (Wildman–Crippen MR) is 145 cm³/mol. The van der Waals surface area contributed by atoms with E-state index in [1.54, 1.807) is 31.3 Å². The van der Waals surface area contributed by atoms with E-state index in [4.69, 9.17) is 9.47 Å². The van der Waals surface area contributed by atoms with Crippen molar-refractivity contribution in [1.82, 2.24) is 0 Å². The van der Waals surface area contributed by atoms with Crippen molar-refractivity contribution in [2.75, 3.05) is 24.4 Å². The number of rotatable bonds is 5. The van der Waals surface area contributed by atoms with E-state index in [1.165, 1.54) is 12.1 Å². The van der Waals surface area contributed by atoms with Gasteiger partial charge in [0, 0.05) is 23.6 Å². The average molecular weight is 515 g/mol. The number of nitrogens with one attached hydrogen (secondary N) is 1. The fourth-order valence-electron chi connectivity index (χ4n) is 5.41. The lowest BCUT2D eigenvalue weighted by atomic mass is 9.78. The normalized spacial score (nSPS) is 18.9. The number of anilines is 2. The second kappa shape index (κ2) is 10.3. The lowest BCUT2D eigenvalue weighted by molar-refractivity contribution is -0.121. The number of carbonyl (C=O) groups is 2. The summed E-state index contributed by atoms with van der Waals surface area (Å²) in [4.78, 5) is 29.4. The van der Waals surface area contributed by atoms with Gasteiger partial charge in [-0.25, -0.2) is 4.39 Å². The third kappa shape index (κ3) is 4.53. The van der Waals surface area contributed by atoms with E-state index >= 15 is 0 Å². The van der Waals surface area contributed by atoms with Gasteiger partial charge in [0.1, 0.15) is 5.82 Å². The minimum atomic E-state index is -0.685. The lowest BCUT2D eigenvalue weighted by Crippen LogP contribution is -2.40. The van der Waals surface area contributed by atoms with Gasteiger partial charge < -0.3 is 14.8 Å². The first-order valence-corrected chi connectivity index (χ1v) is 12.7. The molecule has 0 spiro atoms. The van der Waals surface area contributed by atoms with Crippen LogP contribution in [0.5, 0.6) is 11.5 Å². The first-order valence-electron chi connectivity index (χ1n) is 12.7. The molecule has 0 saturated carbocycles. The van der Waals surface area contributed by atoms with Crippen molar-refractivity contribution in [3.05, 3.63) is 94.9 Å². The quantitative estimate of drug-likeness (QED) is 0.427. The van der Waals surface area contributed by atoms with Gasteiger partial charge in [0.2, 0.25) is 5.91 Å². The van der Waals surface area contributed by atoms with Gasteiger partial charge in [-0.2, -0.15) is 0 Å². The number of halogens is 1. The second-order valence-electron chi connectivity index (χ2n) is 9.99. The molecule has 38 heavy (non-hydrogen) atoms. The molecular weight excluding hydrogens is 483 g/mol. The highest BCUT2D eigenvalue weighted by Gasteiger charge is 2.42. The summed E-state index contributed by atoms with van der Waals surface area (Å²) in [5, 5.41) is 3.51. The molecular formula is C31H31FN2O4. The second-order valence-corrected chi connectivity index (χ2v) is 9.99. The number of ketones is 1. The first-order chi connectivity index (χ1) is 18.3. The topological polar surface area (TPSA) is 67.9 Å². The van der Waals surface area contributed by atoms with Crippen molar-refractivity contribution in [2.24, 2.45) is 5.92 Å². The largest absolute Gasteiger partial charge is 0.493 e. The van der Waals surface area contributed by atoms with E-state index in [0.717, 1.165) is 16.9 Å². The monoisotopic (exact) mass is 514 g/mol. The summed E-state index contributed by atoms with van der Waals surface area (Å²) in [5.74, 6) is 0.279. The van der Waals surface area contributed by atoms with Gasteiger partial charge in [0.15, 0.2) is 17.3 Å². The minimum absolute atomic E-state index is 0.0535. The minimum Gasteiger partial charge on any atom is -0.493 e. The third-order valence-electron chi connectivity index (χ3n) is 7.28. The maximum atomic E-state index is 14.0. The predicted octanol–water partition coefficient (Wildman–Crippen LogP) is 6.40. The van der Waals surface area contributed by atoms with Crippen LogP contribution >= 0.6 is 0 Å². The Kier molecular flexibility index (Phi) is 6.93. The maximum absolute atomic E-state index is 14.0. The Balaban J connectivity index is 1.68. The zero-order valence-corrected chi connectivity index (χ0v) is 22.0. The molecule has 1 amide bonds. The summed E-state index contributed by atoms with van der Waals surface area (Å²) < 4.78 is 24.8. The van der Waals surface area contributed by atoms with E-state index in [0.29, 0.717) is 34.7 Å². The molecule has 1 N–H and O–H groups in total. The number of carbonyl (C=O) groups excluding carboxylic acids is 2. The number of hydrogen-bond donors (Lipinski definition) is 1. The fraction of sp³-hybridized carbons (Fsp3) is 0.290. The summed E-state index contributed by atoms with van der Waals surface area (Å²) in [6.45, 7) is 3.69. The van der Waals surface area contributed by atoms with Gasteiger partial charge >= 0.3 is 0 Å². The average Bonchev–Trinajstić information content (AvgIpc) is 3.07. The zero-order valence-electron chi connectivity index (χ0n) is 22.0. The van der Waals surface area contributed by atoms with Crippen molar-refractivity contribution in [3.8, 4) is 11.5 Å². The molecule has 0 fully saturated rings. The molecule has 0 unspecified atom stereocenters. The third-order valence-corrected chi connectivity index (χ3v) is 7.28. The molecule has 196 valence electrons. The Hall–Kier alpha value is -4.13. The van der Waals surface area contributed by atoms with Crippen LogP contribution in [0.1, 0.15) is 49.8 Å². The number of fused-ring (bicyclic) bond motifs is 1. The maximum Gasteiger partial charge on any atom is 0.230 e. The van der Waals surface area contributed by atoms with Gasteiger partial charge in [-0.1, -0.05) is 44.2 Å². The zero-order chi connectivity index (χ0) is 27.0. The standard InChI is InChI=1S/C31H31FN2O4/c1-18(2)31(36)34-25-8-6-5-7-23(25)33-24-15-21(20-11-14-27(37-3)28(17-20)38-4)16-26(35)29(24)30(34)19-9-12-22(32)13-10-19/h5-14,17-18,21,30,33H,15-16H2,1-4H3/t21-,30-/m1/s1. The number of methoxy groups -OCH3 is 2. The van der Waals surface area contributed by atoms with Crippen molar-refractivity contribution >= 4 is 23.1 Å². The highest BCUT2D eigenvalue weighted by Crippen LogP contribution is 2.48. The lowest BCUT2D eigenvalue weighted by Gasteiger charge is -2.36. The van der Waals surface area contributed by atoms with Crippen LogP contribution in [0, 0.1) is 11.7 Å². The van der Waals surface area contributed by atoms with E-state index in [2.05, 4.69) is 5.32 Å². The number of nitrogens with zero attached hydrogens (tertiary/aromatic N) is 1. The van der Waals surface area contributed by atoms with Crippen molar-refractivity contribution in [1.29, 1.82) is 0 Å². The van der Waals surface area contributed by atoms with E-state index in [1.807, 2.05) is 56.3 Å². The number of Topliss-reactive ketones (excluding diaryl/α,β-unsaturated/α-hetero) is 1. The Labute approximate surface area is 222 Å². The molecule has 1 heterocycles. The number of benzene rings is 3. The molecule has 0 bridgehead atoms. The van der Waals surface area contributed by atoms with Crippen LogP contribution in [0.3, 0.4) is 0 Å². The summed E-state index contributed by atoms with van der Waals surface area (Å²) in [6, 6.07) is 18.7. The summed E-state index contributed by atoms with van der Waals surface area (Å²) >= 11 is 0. The Morgan fingerprint density at radius 2 is 1.63 bits per heavy atom. The number of hydrogen-bond acceptors (Lipinski definition) is 5. The Bertz CT molecular complexity index is 1410. The van der Waals surface area contributed by atoms with Crippen LogP contribution < -0.4 is 19.7 Å². The highest BCUT2D eigenvalue weighted by atomic mass is 19.1. The number of amides is 1. The van der Waals surface area contributed by atoms with Crippen LogP contribution in [-0.2, 0) is 9.59 Å². The van der Waals surface area contributed by atoms with Gasteiger partial charge in [-0.3, -0.25) is 14.5 Å². The summed E-state index contributed by atoms with van der Waals surface area (Å²) in [6.07, 6.45) is 0.833. The SMILES string of the molecule is COc1ccc([C@H]2CC(=O)C3=C(C2)Nc2ccccc2N(C(=O)C(C)C)[C@@H]3c2ccc(F)cc2)cc1OC. The molecule has 3 aromatic rings. The molecule has 0 radical (unpaired) electrons. The molecule has 5 rings (SSSR count). The first kappa shape index (κ1) is 25.5. The fourth-order valence-corrected chi connectivity index (χ4v) is 5.41. The number of allylic oxidation sites excluding steroid dienone is 1. The number of para-hydroxylation sites is 2. The molecule has 0 aromatic heterocycles. The molecule has 7 heteroatoms. The molecule has 6 nitrogen and oxygen atoms in total. The Morgan fingerprint density at radius 3 is 2.32 bits per heavy atom. The molecule has 3 aromatic carbocycles.